The van der Waals surface area contributed by atoms with Crippen molar-refractivity contribution in [2.75, 3.05) is 12.8 Å². The van der Waals surface area contributed by atoms with Crippen LogP contribution in [-0.2, 0) is 11.3 Å². The third kappa shape index (κ3) is 4.54. The first-order chi connectivity index (χ1) is 9.65. The molecule has 0 fully saturated rings. The molecular weight excluding hydrogens is 296 g/mol. The molecule has 1 amide bonds. The number of benzene rings is 1. The molecule has 106 valence electrons. The largest absolute Gasteiger partial charge is 0.338 e. The lowest BCUT2D eigenvalue weighted by molar-refractivity contribution is -0.130. The van der Waals surface area contributed by atoms with Crippen molar-refractivity contribution in [3.8, 4) is 0 Å². The van der Waals surface area contributed by atoms with E-state index in [2.05, 4.69) is 15.2 Å². The van der Waals surface area contributed by atoms with Crippen molar-refractivity contribution in [3.63, 3.8) is 0 Å². The van der Waals surface area contributed by atoms with Gasteiger partial charge in [0.15, 0.2) is 0 Å². The Morgan fingerprint density at radius 1 is 1.40 bits per heavy atom. The third-order valence-corrected chi connectivity index (χ3v) is 3.94. The highest BCUT2D eigenvalue weighted by Gasteiger charge is 2.10. The van der Waals surface area contributed by atoms with E-state index in [4.69, 9.17) is 11.6 Å². The summed E-state index contributed by atoms with van der Waals surface area (Å²) >= 11 is 7.46. The second kappa shape index (κ2) is 7.31. The lowest BCUT2D eigenvalue weighted by Gasteiger charge is -2.15. The molecule has 0 saturated carbocycles. The molecule has 0 saturated heterocycles. The predicted molar refractivity (Wildman–Crippen MR) is 79.6 cm³/mol. The summed E-state index contributed by atoms with van der Waals surface area (Å²) in [5, 5.41) is 7.21. The van der Waals surface area contributed by atoms with E-state index in [1.807, 2.05) is 24.3 Å². The molecule has 1 aromatic heterocycles. The SMILES string of the molecule is CN(Cc1ncn[nH]1)C(=O)CCSc1ccc(Cl)cc1. The Morgan fingerprint density at radius 3 is 2.80 bits per heavy atom. The number of halogens is 1. The Bertz CT molecular complexity index is 544. The van der Waals surface area contributed by atoms with Crippen LogP contribution in [0.2, 0.25) is 5.02 Å². The van der Waals surface area contributed by atoms with E-state index in [0.29, 0.717) is 18.8 Å². The molecule has 1 N–H and O–H groups in total. The van der Waals surface area contributed by atoms with E-state index < -0.39 is 0 Å². The minimum Gasteiger partial charge on any atom is -0.338 e. The number of hydrogen-bond donors (Lipinski definition) is 1. The van der Waals surface area contributed by atoms with Gasteiger partial charge in [0, 0.05) is 29.1 Å². The molecule has 0 radical (unpaired) electrons. The predicted octanol–water partition coefficient (Wildman–Crippen LogP) is 2.60. The van der Waals surface area contributed by atoms with Crippen molar-refractivity contribution in [3.05, 3.63) is 41.4 Å². The maximum Gasteiger partial charge on any atom is 0.223 e. The molecule has 1 aromatic carbocycles. The highest BCUT2D eigenvalue weighted by Crippen LogP contribution is 2.21. The first-order valence-corrected chi connectivity index (χ1v) is 7.48. The Morgan fingerprint density at radius 2 is 2.15 bits per heavy atom. The quantitative estimate of drug-likeness (QED) is 0.833. The number of aromatic nitrogens is 3. The van der Waals surface area contributed by atoms with Crippen molar-refractivity contribution in [1.82, 2.24) is 20.1 Å². The van der Waals surface area contributed by atoms with E-state index in [1.165, 1.54) is 6.33 Å². The molecule has 0 atom stereocenters. The lowest BCUT2D eigenvalue weighted by Crippen LogP contribution is -2.26. The topological polar surface area (TPSA) is 61.9 Å². The summed E-state index contributed by atoms with van der Waals surface area (Å²) in [5.41, 5.74) is 0. The number of aromatic amines is 1. The van der Waals surface area contributed by atoms with Crippen LogP contribution in [-0.4, -0.2) is 38.8 Å². The summed E-state index contributed by atoms with van der Waals surface area (Å²) in [6.45, 7) is 0.449. The second-order valence-corrected chi connectivity index (χ2v) is 5.84. The van der Waals surface area contributed by atoms with E-state index in [-0.39, 0.29) is 5.91 Å². The number of nitrogens with zero attached hydrogens (tertiary/aromatic N) is 3. The Labute approximate surface area is 126 Å². The summed E-state index contributed by atoms with van der Waals surface area (Å²) in [6.07, 6.45) is 1.92. The van der Waals surface area contributed by atoms with Crippen molar-refractivity contribution in [2.45, 2.75) is 17.9 Å². The van der Waals surface area contributed by atoms with Crippen LogP contribution < -0.4 is 0 Å². The first kappa shape index (κ1) is 14.9. The fourth-order valence-electron chi connectivity index (χ4n) is 1.60. The number of amides is 1. The first-order valence-electron chi connectivity index (χ1n) is 6.12. The van der Waals surface area contributed by atoms with E-state index in [0.717, 1.165) is 15.7 Å². The van der Waals surface area contributed by atoms with Gasteiger partial charge in [-0.2, -0.15) is 5.10 Å². The number of nitrogens with one attached hydrogen (secondary N) is 1. The van der Waals surface area contributed by atoms with Crippen molar-refractivity contribution >= 4 is 29.3 Å². The van der Waals surface area contributed by atoms with Crippen LogP contribution in [0.15, 0.2) is 35.5 Å². The normalized spacial score (nSPS) is 10.5. The summed E-state index contributed by atoms with van der Waals surface area (Å²) in [4.78, 5) is 18.7. The fourth-order valence-corrected chi connectivity index (χ4v) is 2.56. The Hall–Kier alpha value is -1.53. The lowest BCUT2D eigenvalue weighted by atomic mass is 10.4. The zero-order valence-electron chi connectivity index (χ0n) is 11.0. The van der Waals surface area contributed by atoms with Gasteiger partial charge in [-0.3, -0.25) is 9.89 Å². The maximum atomic E-state index is 11.9. The van der Waals surface area contributed by atoms with E-state index in [1.54, 1.807) is 23.7 Å². The average molecular weight is 311 g/mol. The molecule has 0 aliphatic rings. The van der Waals surface area contributed by atoms with Crippen LogP contribution >= 0.6 is 23.4 Å². The standard InChI is InChI=1S/C13H15ClN4OS/c1-18(8-12-15-9-16-17-12)13(19)6-7-20-11-4-2-10(14)3-5-11/h2-5,9H,6-8H2,1H3,(H,15,16,17). The molecule has 0 unspecified atom stereocenters. The molecule has 0 bridgehead atoms. The number of hydrogen-bond acceptors (Lipinski definition) is 4. The zero-order chi connectivity index (χ0) is 14.4. The highest BCUT2D eigenvalue weighted by atomic mass is 35.5. The summed E-state index contributed by atoms with van der Waals surface area (Å²) in [5.74, 6) is 1.51. The van der Waals surface area contributed by atoms with Gasteiger partial charge < -0.3 is 4.90 Å². The zero-order valence-corrected chi connectivity index (χ0v) is 12.6. The van der Waals surface area contributed by atoms with Crippen LogP contribution in [0.4, 0.5) is 0 Å². The average Bonchev–Trinajstić information content (AvgIpc) is 2.93. The highest BCUT2D eigenvalue weighted by molar-refractivity contribution is 7.99. The van der Waals surface area contributed by atoms with Crippen molar-refractivity contribution < 1.29 is 4.79 Å². The van der Waals surface area contributed by atoms with Crippen LogP contribution in [0.5, 0.6) is 0 Å². The Kier molecular flexibility index (Phi) is 5.43. The minimum atomic E-state index is 0.0860. The number of thioether (sulfide) groups is 1. The second-order valence-electron chi connectivity index (χ2n) is 4.23. The minimum absolute atomic E-state index is 0.0860. The van der Waals surface area contributed by atoms with Gasteiger partial charge in [-0.15, -0.1) is 11.8 Å². The van der Waals surface area contributed by atoms with Gasteiger partial charge in [0.1, 0.15) is 12.2 Å². The molecule has 2 rings (SSSR count). The number of rotatable bonds is 6. The summed E-state index contributed by atoms with van der Waals surface area (Å²) in [7, 11) is 1.76. The maximum absolute atomic E-state index is 11.9. The van der Waals surface area contributed by atoms with Gasteiger partial charge >= 0.3 is 0 Å². The molecule has 0 spiro atoms. The molecule has 2 aromatic rings. The summed E-state index contributed by atoms with van der Waals surface area (Å²) in [6, 6.07) is 7.61. The van der Waals surface area contributed by atoms with Gasteiger partial charge in [-0.25, -0.2) is 4.98 Å². The van der Waals surface area contributed by atoms with Crippen molar-refractivity contribution in [2.24, 2.45) is 0 Å². The molecular formula is C13H15ClN4OS. The van der Waals surface area contributed by atoms with E-state index >= 15 is 0 Å². The number of carbonyl (C=O) groups is 1. The Balaban J connectivity index is 1.73. The molecule has 1 heterocycles. The smallest absolute Gasteiger partial charge is 0.223 e. The third-order valence-electron chi connectivity index (χ3n) is 2.68. The number of carbonyl (C=O) groups excluding carboxylic acids is 1. The van der Waals surface area contributed by atoms with Gasteiger partial charge in [0.2, 0.25) is 5.91 Å². The fraction of sp³-hybridized carbons (Fsp3) is 0.308. The summed E-state index contributed by atoms with van der Waals surface area (Å²) < 4.78 is 0. The van der Waals surface area contributed by atoms with Crippen LogP contribution in [0.25, 0.3) is 0 Å². The van der Waals surface area contributed by atoms with Gasteiger partial charge in [0.25, 0.3) is 0 Å². The molecule has 5 nitrogen and oxygen atoms in total. The van der Waals surface area contributed by atoms with Crippen LogP contribution in [0.1, 0.15) is 12.2 Å². The molecule has 0 aliphatic heterocycles. The van der Waals surface area contributed by atoms with Crippen molar-refractivity contribution in [1.29, 1.82) is 0 Å². The van der Waals surface area contributed by atoms with Crippen LogP contribution in [0, 0.1) is 0 Å². The van der Waals surface area contributed by atoms with Gasteiger partial charge in [-0.1, -0.05) is 11.6 Å². The van der Waals surface area contributed by atoms with Gasteiger partial charge in [-0.05, 0) is 24.3 Å². The van der Waals surface area contributed by atoms with E-state index in [9.17, 15) is 4.79 Å². The molecule has 20 heavy (non-hydrogen) atoms. The number of H-pyrrole nitrogens is 1. The van der Waals surface area contributed by atoms with Crippen LogP contribution in [0.3, 0.4) is 0 Å². The monoisotopic (exact) mass is 310 g/mol. The molecule has 0 aliphatic carbocycles. The molecule has 7 heteroatoms. The van der Waals surface area contributed by atoms with Gasteiger partial charge in [0.05, 0.1) is 6.54 Å².